The molecule has 0 fully saturated rings. The summed E-state index contributed by atoms with van der Waals surface area (Å²) in [5, 5.41) is 9.73. The van der Waals surface area contributed by atoms with Gasteiger partial charge in [-0.3, -0.25) is 0 Å². The Morgan fingerprint density at radius 2 is 2.10 bits per heavy atom. The second-order valence-electron chi connectivity index (χ2n) is 4.56. The van der Waals surface area contributed by atoms with Gasteiger partial charge in [0.05, 0.1) is 22.8 Å². The van der Waals surface area contributed by atoms with Crippen LogP contribution in [0.15, 0.2) is 47.6 Å². The van der Waals surface area contributed by atoms with Gasteiger partial charge in [0, 0.05) is 17.5 Å². The molecule has 0 saturated heterocycles. The van der Waals surface area contributed by atoms with E-state index in [0.29, 0.717) is 5.56 Å². The van der Waals surface area contributed by atoms with E-state index in [1.165, 1.54) is 0 Å². The van der Waals surface area contributed by atoms with E-state index in [4.69, 9.17) is 10.00 Å². The summed E-state index contributed by atoms with van der Waals surface area (Å²) in [6.45, 7) is 4.03. The Balaban J connectivity index is 2.09. The Labute approximate surface area is 123 Å². The minimum atomic E-state index is 0.154. The van der Waals surface area contributed by atoms with Crippen molar-refractivity contribution in [3.05, 3.63) is 53.7 Å². The lowest BCUT2D eigenvalue weighted by molar-refractivity contribution is 0.240. The summed E-state index contributed by atoms with van der Waals surface area (Å²) in [5.74, 6) is 1.68. The monoisotopic (exact) mass is 284 g/mol. The van der Waals surface area contributed by atoms with Crippen LogP contribution < -0.4 is 4.74 Å². The number of thioether (sulfide) groups is 1. The molecule has 20 heavy (non-hydrogen) atoms. The first kappa shape index (κ1) is 14.4. The van der Waals surface area contributed by atoms with Gasteiger partial charge >= 0.3 is 0 Å². The molecule has 4 heteroatoms. The summed E-state index contributed by atoms with van der Waals surface area (Å²) in [5.41, 5.74) is 1.77. The highest BCUT2D eigenvalue weighted by Gasteiger charge is 2.06. The van der Waals surface area contributed by atoms with Crippen LogP contribution in [0, 0.1) is 11.3 Å². The Kier molecular flexibility index (Phi) is 5.03. The number of hydrogen-bond donors (Lipinski definition) is 0. The van der Waals surface area contributed by atoms with E-state index in [-0.39, 0.29) is 6.10 Å². The van der Waals surface area contributed by atoms with Gasteiger partial charge in [0.1, 0.15) is 5.75 Å². The normalized spacial score (nSPS) is 10.3. The Morgan fingerprint density at radius 3 is 2.85 bits per heavy atom. The minimum Gasteiger partial charge on any atom is -0.491 e. The van der Waals surface area contributed by atoms with Crippen molar-refractivity contribution in [1.82, 2.24) is 4.98 Å². The second-order valence-corrected chi connectivity index (χ2v) is 5.55. The molecule has 0 N–H and O–H groups in total. The van der Waals surface area contributed by atoms with E-state index in [0.717, 1.165) is 22.1 Å². The first-order valence-corrected chi connectivity index (χ1v) is 7.41. The molecule has 0 bridgehead atoms. The van der Waals surface area contributed by atoms with Gasteiger partial charge in [-0.15, -0.1) is 11.8 Å². The van der Waals surface area contributed by atoms with Crippen molar-refractivity contribution >= 4 is 11.8 Å². The van der Waals surface area contributed by atoms with E-state index in [1.807, 2.05) is 32.0 Å². The topological polar surface area (TPSA) is 45.9 Å². The molecule has 1 aromatic carbocycles. The number of nitrogens with zero attached hydrogens (tertiary/aromatic N) is 2. The molecule has 0 atom stereocenters. The number of pyridine rings is 1. The van der Waals surface area contributed by atoms with Gasteiger partial charge in [0.15, 0.2) is 0 Å². The predicted molar refractivity (Wildman–Crippen MR) is 80.7 cm³/mol. The maximum Gasteiger partial charge on any atom is 0.123 e. The minimum absolute atomic E-state index is 0.154. The SMILES string of the molecule is CC(C)Oc1ccccc1CSc1cc(C#N)ccn1. The zero-order chi connectivity index (χ0) is 14.4. The summed E-state index contributed by atoms with van der Waals surface area (Å²) < 4.78 is 5.79. The fraction of sp³-hybridized carbons (Fsp3) is 0.250. The average molecular weight is 284 g/mol. The summed E-state index contributed by atoms with van der Waals surface area (Å²) in [6, 6.07) is 13.6. The molecule has 0 radical (unpaired) electrons. The Morgan fingerprint density at radius 1 is 1.30 bits per heavy atom. The van der Waals surface area contributed by atoms with Crippen LogP contribution in [-0.2, 0) is 5.75 Å². The van der Waals surface area contributed by atoms with E-state index in [1.54, 1.807) is 30.1 Å². The highest BCUT2D eigenvalue weighted by molar-refractivity contribution is 7.98. The molecule has 0 saturated carbocycles. The van der Waals surface area contributed by atoms with Crippen molar-refractivity contribution in [2.45, 2.75) is 30.7 Å². The molecule has 0 aliphatic rings. The average Bonchev–Trinajstić information content (AvgIpc) is 2.46. The standard InChI is InChI=1S/C16H16N2OS/c1-12(2)19-15-6-4-3-5-14(15)11-20-16-9-13(10-17)7-8-18-16/h3-9,12H,11H2,1-2H3. The molecule has 3 nitrogen and oxygen atoms in total. The van der Waals surface area contributed by atoms with Gasteiger partial charge < -0.3 is 4.74 Å². The van der Waals surface area contributed by atoms with Crippen LogP contribution in [0.5, 0.6) is 5.75 Å². The zero-order valence-electron chi connectivity index (χ0n) is 11.5. The molecule has 102 valence electrons. The Bertz CT molecular complexity index is 620. The first-order valence-electron chi connectivity index (χ1n) is 6.42. The third-order valence-electron chi connectivity index (χ3n) is 2.57. The lowest BCUT2D eigenvalue weighted by atomic mass is 10.2. The van der Waals surface area contributed by atoms with Crippen molar-refractivity contribution in [2.75, 3.05) is 0 Å². The molecule has 2 aromatic rings. The number of ether oxygens (including phenoxy) is 1. The van der Waals surface area contributed by atoms with Crippen LogP contribution in [0.1, 0.15) is 25.0 Å². The molecule has 1 aromatic heterocycles. The zero-order valence-corrected chi connectivity index (χ0v) is 12.4. The molecule has 1 heterocycles. The van der Waals surface area contributed by atoms with Crippen molar-refractivity contribution in [1.29, 1.82) is 5.26 Å². The fourth-order valence-electron chi connectivity index (χ4n) is 1.70. The quantitative estimate of drug-likeness (QED) is 0.778. The van der Waals surface area contributed by atoms with Gasteiger partial charge in [-0.25, -0.2) is 4.98 Å². The third kappa shape index (κ3) is 4.01. The lowest BCUT2D eigenvalue weighted by Gasteiger charge is -2.13. The largest absolute Gasteiger partial charge is 0.491 e. The van der Waals surface area contributed by atoms with E-state index in [2.05, 4.69) is 17.1 Å². The van der Waals surface area contributed by atoms with Crippen LogP contribution >= 0.6 is 11.8 Å². The molecular weight excluding hydrogens is 268 g/mol. The number of benzene rings is 1. The number of nitriles is 1. The van der Waals surface area contributed by atoms with Crippen LogP contribution in [0.4, 0.5) is 0 Å². The van der Waals surface area contributed by atoms with Crippen LogP contribution in [-0.4, -0.2) is 11.1 Å². The van der Waals surface area contributed by atoms with Crippen LogP contribution in [0.3, 0.4) is 0 Å². The second kappa shape index (κ2) is 6.97. The first-order chi connectivity index (χ1) is 9.69. The summed E-state index contributed by atoms with van der Waals surface area (Å²) in [6.07, 6.45) is 1.82. The van der Waals surface area contributed by atoms with E-state index < -0.39 is 0 Å². The fourth-order valence-corrected chi connectivity index (χ4v) is 2.59. The molecule has 0 aliphatic carbocycles. The molecule has 0 unspecified atom stereocenters. The molecule has 0 aliphatic heterocycles. The smallest absolute Gasteiger partial charge is 0.123 e. The van der Waals surface area contributed by atoms with Crippen LogP contribution in [0.25, 0.3) is 0 Å². The maximum absolute atomic E-state index is 8.88. The number of hydrogen-bond acceptors (Lipinski definition) is 4. The molecule has 2 rings (SSSR count). The van der Waals surface area contributed by atoms with Gasteiger partial charge in [-0.1, -0.05) is 18.2 Å². The summed E-state index contributed by atoms with van der Waals surface area (Å²) in [4.78, 5) is 4.26. The van der Waals surface area contributed by atoms with Gasteiger partial charge in [-0.2, -0.15) is 5.26 Å². The molecule has 0 spiro atoms. The summed E-state index contributed by atoms with van der Waals surface area (Å²) >= 11 is 1.60. The van der Waals surface area contributed by atoms with E-state index in [9.17, 15) is 0 Å². The maximum atomic E-state index is 8.88. The number of para-hydroxylation sites is 1. The van der Waals surface area contributed by atoms with Gasteiger partial charge in [0.2, 0.25) is 0 Å². The number of aromatic nitrogens is 1. The van der Waals surface area contributed by atoms with Crippen molar-refractivity contribution in [2.24, 2.45) is 0 Å². The molecule has 0 amide bonds. The predicted octanol–water partition coefficient (Wildman–Crippen LogP) is 4.03. The number of rotatable bonds is 5. The van der Waals surface area contributed by atoms with Crippen LogP contribution in [0.2, 0.25) is 0 Å². The molecular formula is C16H16N2OS. The van der Waals surface area contributed by atoms with Crippen molar-refractivity contribution in [3.8, 4) is 11.8 Å². The highest BCUT2D eigenvalue weighted by Crippen LogP contribution is 2.27. The highest BCUT2D eigenvalue weighted by atomic mass is 32.2. The van der Waals surface area contributed by atoms with Gasteiger partial charge in [0.25, 0.3) is 0 Å². The summed E-state index contributed by atoms with van der Waals surface area (Å²) in [7, 11) is 0. The van der Waals surface area contributed by atoms with Crippen molar-refractivity contribution < 1.29 is 4.74 Å². The lowest BCUT2D eigenvalue weighted by Crippen LogP contribution is -2.07. The van der Waals surface area contributed by atoms with Gasteiger partial charge in [-0.05, 0) is 32.0 Å². The third-order valence-corrected chi connectivity index (χ3v) is 3.55. The van der Waals surface area contributed by atoms with E-state index >= 15 is 0 Å². The van der Waals surface area contributed by atoms with Crippen molar-refractivity contribution in [3.63, 3.8) is 0 Å². The Hall–Kier alpha value is -1.99.